The molecule has 0 aromatic heterocycles. The van der Waals surface area contributed by atoms with Gasteiger partial charge in [0.05, 0.1) is 17.8 Å². The lowest BCUT2D eigenvalue weighted by Crippen LogP contribution is -2.29. The summed E-state index contributed by atoms with van der Waals surface area (Å²) in [5.74, 6) is -3.60. The van der Waals surface area contributed by atoms with Crippen LogP contribution in [0.3, 0.4) is 0 Å². The van der Waals surface area contributed by atoms with Crippen molar-refractivity contribution in [2.75, 3.05) is 4.90 Å². The van der Waals surface area contributed by atoms with Crippen molar-refractivity contribution in [2.45, 2.75) is 13.5 Å². The number of carbonyl (C=O) groups is 2. The molecule has 106 valence electrons. The number of ketones is 1. The van der Waals surface area contributed by atoms with E-state index >= 15 is 0 Å². The minimum atomic E-state index is -1.00. The van der Waals surface area contributed by atoms with Crippen LogP contribution in [-0.4, -0.2) is 11.7 Å². The maximum absolute atomic E-state index is 13.7. The van der Waals surface area contributed by atoms with Crippen LogP contribution in [0.1, 0.15) is 21.5 Å². The van der Waals surface area contributed by atoms with E-state index in [-0.39, 0.29) is 17.8 Å². The Morgan fingerprint density at radius 3 is 2.38 bits per heavy atom. The summed E-state index contributed by atoms with van der Waals surface area (Å²) in [6.07, 6.45) is 0. The van der Waals surface area contributed by atoms with Crippen LogP contribution in [-0.2, 0) is 11.3 Å². The first-order valence-corrected chi connectivity index (χ1v) is 6.38. The van der Waals surface area contributed by atoms with Gasteiger partial charge in [-0.3, -0.25) is 9.59 Å². The summed E-state index contributed by atoms with van der Waals surface area (Å²) in [7, 11) is 0. The highest BCUT2D eigenvalue weighted by molar-refractivity contribution is 6.52. The van der Waals surface area contributed by atoms with Gasteiger partial charge in [-0.1, -0.05) is 29.8 Å². The molecule has 0 aliphatic carbocycles. The second-order valence-electron chi connectivity index (χ2n) is 4.99. The van der Waals surface area contributed by atoms with E-state index in [1.807, 2.05) is 19.1 Å². The predicted octanol–water partition coefficient (Wildman–Crippen LogP) is 3.00. The Hall–Kier alpha value is -2.56. The fraction of sp³-hybridized carbons (Fsp3) is 0.125. The van der Waals surface area contributed by atoms with Crippen LogP contribution in [0.5, 0.6) is 0 Å². The third-order valence-electron chi connectivity index (χ3n) is 3.45. The minimum absolute atomic E-state index is 0.0110. The summed E-state index contributed by atoms with van der Waals surface area (Å²) in [6, 6.07) is 8.96. The molecular weight excluding hydrogens is 276 g/mol. The number of nitrogens with zero attached hydrogens (tertiary/aromatic N) is 1. The molecule has 0 unspecified atom stereocenters. The highest BCUT2D eigenvalue weighted by Crippen LogP contribution is 2.33. The van der Waals surface area contributed by atoms with Crippen LogP contribution >= 0.6 is 0 Å². The number of benzene rings is 2. The van der Waals surface area contributed by atoms with Gasteiger partial charge in [-0.05, 0) is 18.6 Å². The molecule has 5 heteroatoms. The SMILES string of the molecule is Cc1ccc(CN2C(=O)C(=O)c3c(F)cc(F)cc32)cc1. The van der Waals surface area contributed by atoms with E-state index in [9.17, 15) is 18.4 Å². The summed E-state index contributed by atoms with van der Waals surface area (Å²) >= 11 is 0. The normalized spacial score (nSPS) is 13.8. The van der Waals surface area contributed by atoms with Crippen LogP contribution in [0.25, 0.3) is 0 Å². The summed E-state index contributed by atoms with van der Waals surface area (Å²) in [5, 5.41) is 0. The summed E-state index contributed by atoms with van der Waals surface area (Å²) in [4.78, 5) is 24.9. The van der Waals surface area contributed by atoms with Crippen LogP contribution in [0, 0.1) is 18.6 Å². The van der Waals surface area contributed by atoms with Gasteiger partial charge in [0.15, 0.2) is 0 Å². The molecule has 0 saturated heterocycles. The van der Waals surface area contributed by atoms with Crippen molar-refractivity contribution in [1.82, 2.24) is 0 Å². The zero-order chi connectivity index (χ0) is 15.1. The first-order valence-electron chi connectivity index (χ1n) is 6.38. The summed E-state index contributed by atoms with van der Waals surface area (Å²) in [5.41, 5.74) is 1.47. The number of Topliss-reactive ketones (excluding diaryl/α,β-unsaturated/α-hetero) is 1. The molecular formula is C16H11F2NO2. The number of fused-ring (bicyclic) bond motifs is 1. The van der Waals surface area contributed by atoms with E-state index in [4.69, 9.17) is 0 Å². The van der Waals surface area contributed by atoms with Gasteiger partial charge in [0.25, 0.3) is 11.7 Å². The Morgan fingerprint density at radius 2 is 1.71 bits per heavy atom. The number of amides is 1. The van der Waals surface area contributed by atoms with Crippen molar-refractivity contribution in [3.05, 3.63) is 64.7 Å². The number of carbonyl (C=O) groups excluding carboxylic acids is 2. The molecule has 1 aliphatic rings. The highest BCUT2D eigenvalue weighted by atomic mass is 19.1. The fourth-order valence-electron chi connectivity index (χ4n) is 2.37. The van der Waals surface area contributed by atoms with Crippen molar-refractivity contribution in [3.8, 4) is 0 Å². The Labute approximate surface area is 119 Å². The summed E-state index contributed by atoms with van der Waals surface area (Å²) < 4.78 is 27.1. The van der Waals surface area contributed by atoms with Crippen molar-refractivity contribution in [2.24, 2.45) is 0 Å². The van der Waals surface area contributed by atoms with Gasteiger partial charge in [-0.25, -0.2) is 8.78 Å². The molecule has 0 atom stereocenters. The smallest absolute Gasteiger partial charge is 0.299 e. The average molecular weight is 287 g/mol. The van der Waals surface area contributed by atoms with Crippen molar-refractivity contribution >= 4 is 17.4 Å². The zero-order valence-electron chi connectivity index (χ0n) is 11.2. The number of anilines is 1. The lowest BCUT2D eigenvalue weighted by atomic mass is 10.1. The first kappa shape index (κ1) is 13.4. The first-order chi connectivity index (χ1) is 9.97. The highest BCUT2D eigenvalue weighted by Gasteiger charge is 2.38. The van der Waals surface area contributed by atoms with Crippen LogP contribution in [0.2, 0.25) is 0 Å². The third-order valence-corrected chi connectivity index (χ3v) is 3.45. The molecule has 3 nitrogen and oxygen atoms in total. The monoisotopic (exact) mass is 287 g/mol. The number of rotatable bonds is 2. The predicted molar refractivity (Wildman–Crippen MR) is 73.1 cm³/mol. The fourth-order valence-corrected chi connectivity index (χ4v) is 2.37. The van der Waals surface area contributed by atoms with Crippen molar-refractivity contribution in [3.63, 3.8) is 0 Å². The molecule has 2 aromatic carbocycles. The van der Waals surface area contributed by atoms with Crippen molar-refractivity contribution in [1.29, 1.82) is 0 Å². The Kier molecular flexibility index (Phi) is 3.05. The van der Waals surface area contributed by atoms with E-state index in [1.165, 1.54) is 0 Å². The number of hydrogen-bond acceptors (Lipinski definition) is 2. The number of aryl methyl sites for hydroxylation is 1. The molecule has 0 fully saturated rings. The quantitative estimate of drug-likeness (QED) is 0.796. The average Bonchev–Trinajstić information content (AvgIpc) is 2.66. The van der Waals surface area contributed by atoms with Gasteiger partial charge in [-0.15, -0.1) is 0 Å². The van der Waals surface area contributed by atoms with E-state index in [2.05, 4.69) is 0 Å². The molecule has 0 spiro atoms. The molecule has 2 aromatic rings. The van der Waals surface area contributed by atoms with Gasteiger partial charge >= 0.3 is 0 Å². The van der Waals surface area contributed by atoms with E-state index in [0.29, 0.717) is 6.07 Å². The topological polar surface area (TPSA) is 37.4 Å². The van der Waals surface area contributed by atoms with E-state index < -0.39 is 23.3 Å². The van der Waals surface area contributed by atoms with Gasteiger partial charge in [0.2, 0.25) is 0 Å². The van der Waals surface area contributed by atoms with Crippen LogP contribution in [0.4, 0.5) is 14.5 Å². The lowest BCUT2D eigenvalue weighted by molar-refractivity contribution is -0.114. The third kappa shape index (κ3) is 2.20. The molecule has 1 heterocycles. The van der Waals surface area contributed by atoms with Crippen molar-refractivity contribution < 1.29 is 18.4 Å². The molecule has 1 amide bonds. The zero-order valence-corrected chi connectivity index (χ0v) is 11.2. The van der Waals surface area contributed by atoms with Gasteiger partial charge < -0.3 is 4.90 Å². The Bertz CT molecular complexity index is 754. The largest absolute Gasteiger partial charge is 0.300 e. The molecule has 1 aliphatic heterocycles. The van der Waals surface area contributed by atoms with E-state index in [1.54, 1.807) is 12.1 Å². The Morgan fingerprint density at radius 1 is 1.05 bits per heavy atom. The van der Waals surface area contributed by atoms with Crippen LogP contribution < -0.4 is 4.90 Å². The Balaban J connectivity index is 2.03. The van der Waals surface area contributed by atoms with Crippen LogP contribution in [0.15, 0.2) is 36.4 Å². The maximum atomic E-state index is 13.7. The molecule has 0 N–H and O–H groups in total. The second kappa shape index (κ2) is 4.77. The second-order valence-corrected chi connectivity index (χ2v) is 4.99. The molecule has 3 rings (SSSR count). The van der Waals surface area contributed by atoms with Gasteiger partial charge in [-0.2, -0.15) is 0 Å². The minimum Gasteiger partial charge on any atom is -0.300 e. The molecule has 0 bridgehead atoms. The number of halogens is 2. The molecule has 0 radical (unpaired) electrons. The van der Waals surface area contributed by atoms with Gasteiger partial charge in [0.1, 0.15) is 11.6 Å². The summed E-state index contributed by atoms with van der Waals surface area (Å²) in [6.45, 7) is 2.02. The lowest BCUT2D eigenvalue weighted by Gasteiger charge is -2.16. The maximum Gasteiger partial charge on any atom is 0.299 e. The van der Waals surface area contributed by atoms with Gasteiger partial charge in [0, 0.05) is 6.07 Å². The molecule has 21 heavy (non-hydrogen) atoms. The number of hydrogen-bond donors (Lipinski definition) is 0. The van der Waals surface area contributed by atoms with E-state index in [0.717, 1.165) is 22.1 Å². The molecule has 0 saturated carbocycles. The standard InChI is InChI=1S/C16H11F2NO2/c1-9-2-4-10(5-3-9)8-19-13-7-11(17)6-12(18)14(13)15(20)16(19)21/h2-7H,8H2,1H3.